The Kier molecular flexibility index (Phi) is 2.71. The molecule has 0 amide bonds. The first kappa shape index (κ1) is 9.89. The molecule has 0 aliphatic heterocycles. The zero-order chi connectivity index (χ0) is 10.1. The normalized spacial score (nSPS) is 11.1. The van der Waals surface area contributed by atoms with E-state index in [0.717, 1.165) is 15.9 Å². The molecule has 14 heavy (non-hydrogen) atoms. The molecule has 2 aromatic rings. The number of hydrogen-bond donors (Lipinski definition) is 1. The average Bonchev–Trinajstić information content (AvgIpc) is 2.46. The summed E-state index contributed by atoms with van der Waals surface area (Å²) in [4.78, 5) is 4.38. The summed E-state index contributed by atoms with van der Waals surface area (Å²) in [6.07, 6.45) is 0. The SMILES string of the molecule is CNCc1nc2ccc(Cl)nn2c1Br. The van der Waals surface area contributed by atoms with E-state index in [1.54, 1.807) is 10.6 Å². The van der Waals surface area contributed by atoms with Crippen LogP contribution >= 0.6 is 27.5 Å². The third-order valence-electron chi connectivity index (χ3n) is 1.80. The summed E-state index contributed by atoms with van der Waals surface area (Å²) >= 11 is 9.21. The van der Waals surface area contributed by atoms with Gasteiger partial charge in [-0.1, -0.05) is 11.6 Å². The number of aromatic nitrogens is 3. The van der Waals surface area contributed by atoms with Gasteiger partial charge >= 0.3 is 0 Å². The van der Waals surface area contributed by atoms with Crippen LogP contribution in [-0.4, -0.2) is 21.6 Å². The summed E-state index contributed by atoms with van der Waals surface area (Å²) in [6, 6.07) is 3.55. The van der Waals surface area contributed by atoms with E-state index in [4.69, 9.17) is 11.6 Å². The standard InChI is InChI=1S/C8H8BrClN4/c1-11-4-5-8(9)14-7(12-5)3-2-6(10)13-14/h2-3,11H,4H2,1H3. The van der Waals surface area contributed by atoms with Crippen molar-refractivity contribution in [1.29, 1.82) is 0 Å². The van der Waals surface area contributed by atoms with Gasteiger partial charge in [0.15, 0.2) is 5.65 Å². The predicted molar refractivity (Wildman–Crippen MR) is 58.5 cm³/mol. The van der Waals surface area contributed by atoms with Gasteiger partial charge in [0.05, 0.1) is 5.69 Å². The largest absolute Gasteiger partial charge is 0.314 e. The van der Waals surface area contributed by atoms with Crippen molar-refractivity contribution in [2.75, 3.05) is 7.05 Å². The lowest BCUT2D eigenvalue weighted by atomic mass is 10.5. The molecule has 0 aliphatic carbocycles. The van der Waals surface area contributed by atoms with Crippen molar-refractivity contribution in [2.24, 2.45) is 0 Å². The zero-order valence-corrected chi connectivity index (χ0v) is 9.80. The Labute approximate surface area is 94.4 Å². The molecule has 0 radical (unpaired) electrons. The molecule has 1 N–H and O–H groups in total. The molecule has 0 atom stereocenters. The van der Waals surface area contributed by atoms with Crippen LogP contribution in [0.3, 0.4) is 0 Å². The minimum atomic E-state index is 0.451. The fraction of sp³-hybridized carbons (Fsp3) is 0.250. The molecule has 6 heteroatoms. The van der Waals surface area contributed by atoms with Crippen molar-refractivity contribution in [3.8, 4) is 0 Å². The third kappa shape index (κ3) is 1.63. The molecule has 0 spiro atoms. The molecular weight excluding hydrogens is 267 g/mol. The quantitative estimate of drug-likeness (QED) is 0.910. The van der Waals surface area contributed by atoms with E-state index in [0.29, 0.717) is 11.7 Å². The Morgan fingerprint density at radius 3 is 3.07 bits per heavy atom. The number of nitrogens with zero attached hydrogens (tertiary/aromatic N) is 3. The van der Waals surface area contributed by atoms with Crippen molar-refractivity contribution in [3.63, 3.8) is 0 Å². The van der Waals surface area contributed by atoms with E-state index in [-0.39, 0.29) is 0 Å². The van der Waals surface area contributed by atoms with Gasteiger partial charge in [-0.2, -0.15) is 5.10 Å². The second-order valence-electron chi connectivity index (χ2n) is 2.81. The zero-order valence-electron chi connectivity index (χ0n) is 7.46. The third-order valence-corrected chi connectivity index (χ3v) is 2.80. The molecule has 0 aliphatic rings. The number of halogens is 2. The van der Waals surface area contributed by atoms with E-state index in [1.807, 2.05) is 13.1 Å². The molecule has 4 nitrogen and oxygen atoms in total. The number of rotatable bonds is 2. The summed E-state index contributed by atoms with van der Waals surface area (Å²) in [5, 5.41) is 7.61. The second-order valence-corrected chi connectivity index (χ2v) is 3.94. The highest BCUT2D eigenvalue weighted by Crippen LogP contribution is 2.18. The van der Waals surface area contributed by atoms with Gasteiger partial charge < -0.3 is 5.32 Å². The molecule has 0 unspecified atom stereocenters. The van der Waals surface area contributed by atoms with Gasteiger partial charge in [-0.3, -0.25) is 0 Å². The van der Waals surface area contributed by atoms with E-state index in [1.165, 1.54) is 0 Å². The smallest absolute Gasteiger partial charge is 0.155 e. The second kappa shape index (κ2) is 3.84. The van der Waals surface area contributed by atoms with E-state index >= 15 is 0 Å². The van der Waals surface area contributed by atoms with E-state index in [2.05, 4.69) is 31.3 Å². The first-order chi connectivity index (χ1) is 6.72. The van der Waals surface area contributed by atoms with Gasteiger partial charge in [-0.05, 0) is 35.1 Å². The predicted octanol–water partition coefficient (Wildman–Crippen LogP) is 1.86. The molecule has 0 bridgehead atoms. The molecule has 2 rings (SSSR count). The lowest BCUT2D eigenvalue weighted by Crippen LogP contribution is -2.05. The van der Waals surface area contributed by atoms with Gasteiger partial charge in [-0.15, -0.1) is 0 Å². The Morgan fingerprint density at radius 2 is 2.36 bits per heavy atom. The van der Waals surface area contributed by atoms with Crippen LogP contribution in [0.25, 0.3) is 5.65 Å². The maximum Gasteiger partial charge on any atom is 0.155 e. The van der Waals surface area contributed by atoms with Crippen LogP contribution in [0.4, 0.5) is 0 Å². The van der Waals surface area contributed by atoms with Crippen molar-refractivity contribution in [2.45, 2.75) is 6.54 Å². The number of hydrogen-bond acceptors (Lipinski definition) is 3. The summed E-state index contributed by atoms with van der Waals surface area (Å²) in [6.45, 7) is 0.696. The summed E-state index contributed by atoms with van der Waals surface area (Å²) < 4.78 is 2.51. The van der Waals surface area contributed by atoms with Crippen LogP contribution in [0, 0.1) is 0 Å². The van der Waals surface area contributed by atoms with E-state index < -0.39 is 0 Å². The highest BCUT2D eigenvalue weighted by molar-refractivity contribution is 9.10. The molecule has 2 aromatic heterocycles. The van der Waals surface area contributed by atoms with Crippen molar-refractivity contribution < 1.29 is 0 Å². The van der Waals surface area contributed by atoms with Crippen LogP contribution in [0.5, 0.6) is 0 Å². The molecule has 0 aromatic carbocycles. The van der Waals surface area contributed by atoms with Gasteiger partial charge in [0.2, 0.25) is 0 Å². The summed E-state index contributed by atoms with van der Waals surface area (Å²) in [5.74, 6) is 0. The van der Waals surface area contributed by atoms with Crippen LogP contribution in [-0.2, 0) is 6.54 Å². The lowest BCUT2D eigenvalue weighted by Gasteiger charge is -1.95. The maximum absolute atomic E-state index is 5.78. The topological polar surface area (TPSA) is 42.2 Å². The molecule has 0 fully saturated rings. The monoisotopic (exact) mass is 274 g/mol. The van der Waals surface area contributed by atoms with Crippen molar-refractivity contribution in [1.82, 2.24) is 19.9 Å². The Balaban J connectivity index is 2.62. The Morgan fingerprint density at radius 1 is 1.57 bits per heavy atom. The van der Waals surface area contributed by atoms with Crippen LogP contribution < -0.4 is 5.32 Å². The van der Waals surface area contributed by atoms with Gasteiger partial charge in [-0.25, -0.2) is 9.50 Å². The van der Waals surface area contributed by atoms with E-state index in [9.17, 15) is 0 Å². The number of fused-ring (bicyclic) bond motifs is 1. The maximum atomic E-state index is 5.78. The first-order valence-corrected chi connectivity index (χ1v) is 5.23. The first-order valence-electron chi connectivity index (χ1n) is 4.06. The van der Waals surface area contributed by atoms with Gasteiger partial charge in [0.1, 0.15) is 9.76 Å². The van der Waals surface area contributed by atoms with Crippen LogP contribution in [0.1, 0.15) is 5.69 Å². The van der Waals surface area contributed by atoms with Gasteiger partial charge in [0.25, 0.3) is 0 Å². The summed E-state index contributed by atoms with van der Waals surface area (Å²) in [7, 11) is 1.87. The average molecular weight is 276 g/mol. The minimum absolute atomic E-state index is 0.451. The Hall–Kier alpha value is -0.650. The van der Waals surface area contributed by atoms with Gasteiger partial charge in [0, 0.05) is 6.54 Å². The molecule has 74 valence electrons. The van der Waals surface area contributed by atoms with Crippen molar-refractivity contribution in [3.05, 3.63) is 27.6 Å². The lowest BCUT2D eigenvalue weighted by molar-refractivity contribution is 0.789. The molecule has 0 saturated heterocycles. The molecule has 0 saturated carbocycles. The highest BCUT2D eigenvalue weighted by atomic mass is 79.9. The molecule has 2 heterocycles. The Bertz CT molecular complexity index is 468. The fourth-order valence-electron chi connectivity index (χ4n) is 1.21. The molecular formula is C8H8BrClN4. The van der Waals surface area contributed by atoms with Crippen LogP contribution in [0.15, 0.2) is 16.7 Å². The number of nitrogens with one attached hydrogen (secondary N) is 1. The summed E-state index contributed by atoms with van der Waals surface area (Å²) in [5.41, 5.74) is 1.70. The van der Waals surface area contributed by atoms with Crippen molar-refractivity contribution >= 4 is 33.2 Å². The minimum Gasteiger partial charge on any atom is -0.314 e. The number of imidazole rings is 1. The van der Waals surface area contributed by atoms with Crippen LogP contribution in [0.2, 0.25) is 5.15 Å². The highest BCUT2D eigenvalue weighted by Gasteiger charge is 2.09. The fourth-order valence-corrected chi connectivity index (χ4v) is 1.84.